The number of pyridine rings is 1. The van der Waals surface area contributed by atoms with E-state index in [0.717, 1.165) is 60.9 Å². The first-order chi connectivity index (χ1) is 17.3. The Bertz CT molecular complexity index is 1460. The van der Waals surface area contributed by atoms with Crippen molar-refractivity contribution in [1.29, 1.82) is 0 Å². The molecule has 0 amide bonds. The average molecular weight is 506 g/mol. The maximum Gasteiger partial charge on any atom is 0.175 e. The van der Waals surface area contributed by atoms with E-state index in [9.17, 15) is 13.5 Å². The van der Waals surface area contributed by atoms with Crippen LogP contribution in [0.25, 0.3) is 16.8 Å². The second-order valence-corrected chi connectivity index (χ2v) is 11.5. The van der Waals surface area contributed by atoms with E-state index in [-0.39, 0.29) is 6.10 Å². The monoisotopic (exact) mass is 505 g/mol. The number of benzene rings is 2. The number of aliphatic hydroxyl groups excluding tert-OH is 1. The van der Waals surface area contributed by atoms with Crippen molar-refractivity contribution < 1.29 is 13.5 Å². The van der Waals surface area contributed by atoms with Gasteiger partial charge in [0, 0.05) is 62.8 Å². The van der Waals surface area contributed by atoms with Gasteiger partial charge in [-0.2, -0.15) is 5.10 Å². The van der Waals surface area contributed by atoms with Crippen LogP contribution in [-0.4, -0.2) is 78.1 Å². The smallest absolute Gasteiger partial charge is 0.175 e. The molecule has 188 valence electrons. The number of β-amino-alcohol motifs (C(OH)–C–C–N with tert-alkyl or cyclic N) is 1. The van der Waals surface area contributed by atoms with Crippen molar-refractivity contribution in [3.8, 4) is 11.1 Å². The molecule has 4 aromatic rings. The zero-order chi connectivity index (χ0) is 25.3. The van der Waals surface area contributed by atoms with E-state index < -0.39 is 9.84 Å². The lowest BCUT2D eigenvalue weighted by Gasteiger charge is -2.36. The Labute approximate surface area is 211 Å². The molecule has 0 aliphatic carbocycles. The zero-order valence-electron chi connectivity index (χ0n) is 20.6. The van der Waals surface area contributed by atoms with Gasteiger partial charge in [0.25, 0.3) is 0 Å². The summed E-state index contributed by atoms with van der Waals surface area (Å²) in [5.74, 6) is 0.731. The minimum Gasteiger partial charge on any atom is -0.392 e. The minimum atomic E-state index is -3.24. The Kier molecular flexibility index (Phi) is 6.79. The number of sulfone groups is 1. The topological polar surface area (TPSA) is 91.0 Å². The van der Waals surface area contributed by atoms with Crippen LogP contribution < -0.4 is 4.90 Å². The molecule has 1 N–H and O–H groups in total. The predicted octanol–water partition coefficient (Wildman–Crippen LogP) is 2.89. The lowest BCUT2D eigenvalue weighted by Crippen LogP contribution is -2.48. The van der Waals surface area contributed by atoms with Crippen LogP contribution in [0.2, 0.25) is 0 Å². The minimum absolute atomic E-state index is 0.296. The summed E-state index contributed by atoms with van der Waals surface area (Å²) >= 11 is 0. The molecule has 0 spiro atoms. The van der Waals surface area contributed by atoms with Crippen molar-refractivity contribution in [3.63, 3.8) is 0 Å². The van der Waals surface area contributed by atoms with Crippen LogP contribution in [0, 0.1) is 0 Å². The quantitative estimate of drug-likeness (QED) is 0.413. The van der Waals surface area contributed by atoms with Crippen LogP contribution in [0.4, 0.5) is 5.69 Å². The molecule has 1 saturated heterocycles. The van der Waals surface area contributed by atoms with E-state index >= 15 is 0 Å². The van der Waals surface area contributed by atoms with Gasteiger partial charge in [0.1, 0.15) is 0 Å². The zero-order valence-corrected chi connectivity index (χ0v) is 21.4. The fraction of sp³-hybridized carbons (Fsp3) is 0.333. The van der Waals surface area contributed by atoms with Gasteiger partial charge in [-0.05, 0) is 54.4 Å². The number of fused-ring (bicyclic) bond motifs is 1. The summed E-state index contributed by atoms with van der Waals surface area (Å²) < 4.78 is 25.4. The first-order valence-electron chi connectivity index (χ1n) is 12.2. The molecule has 1 atom stereocenters. The standard InChI is InChI=1S/C27H31N5O3S/c1-20(33)19-30-13-15-31(16-14-30)23-6-3-5-21(17-23)18-26-28-27-25(7-4-12-32(27)29-26)22-8-10-24(11-9-22)36(2,34)35/h3-12,17,20,33H,13-16,18-19H2,1-2H3/t20-/m0/s1. The van der Waals surface area contributed by atoms with Crippen molar-refractivity contribution in [3.05, 3.63) is 78.2 Å². The SMILES string of the molecule is C[C@H](O)CN1CCN(c2cccc(Cc3nc4c(-c5ccc(S(C)(=O)=O)cc5)cccn4n3)c2)CC1. The normalized spacial score (nSPS) is 15.9. The number of hydrogen-bond acceptors (Lipinski definition) is 7. The Morgan fingerprint density at radius 1 is 1.00 bits per heavy atom. The number of anilines is 1. The third-order valence-electron chi connectivity index (χ3n) is 6.53. The van der Waals surface area contributed by atoms with Crippen LogP contribution in [-0.2, 0) is 16.3 Å². The highest BCUT2D eigenvalue weighted by molar-refractivity contribution is 7.90. The molecule has 2 aromatic carbocycles. The summed E-state index contributed by atoms with van der Waals surface area (Å²) in [6, 6.07) is 19.3. The van der Waals surface area contributed by atoms with E-state index in [2.05, 4.69) is 34.1 Å². The summed E-state index contributed by atoms with van der Waals surface area (Å²) in [5.41, 5.74) is 4.88. The largest absolute Gasteiger partial charge is 0.392 e. The lowest BCUT2D eigenvalue weighted by atomic mass is 10.1. The van der Waals surface area contributed by atoms with Gasteiger partial charge in [0.2, 0.25) is 0 Å². The van der Waals surface area contributed by atoms with E-state index in [4.69, 9.17) is 10.1 Å². The van der Waals surface area contributed by atoms with Crippen LogP contribution in [0.1, 0.15) is 18.3 Å². The molecule has 1 aliphatic rings. The third kappa shape index (κ3) is 5.43. The van der Waals surface area contributed by atoms with Crippen LogP contribution in [0.5, 0.6) is 0 Å². The molecular formula is C27H31N5O3S. The van der Waals surface area contributed by atoms with Gasteiger partial charge in [-0.1, -0.05) is 24.3 Å². The van der Waals surface area contributed by atoms with Crippen LogP contribution >= 0.6 is 0 Å². The molecule has 36 heavy (non-hydrogen) atoms. The first kappa shape index (κ1) is 24.4. The van der Waals surface area contributed by atoms with Crippen molar-refractivity contribution in [2.75, 3.05) is 43.9 Å². The molecule has 0 radical (unpaired) electrons. The molecule has 0 bridgehead atoms. The van der Waals surface area contributed by atoms with Crippen LogP contribution in [0.15, 0.2) is 71.8 Å². The molecule has 2 aromatic heterocycles. The van der Waals surface area contributed by atoms with Gasteiger partial charge in [0.05, 0.1) is 11.0 Å². The lowest BCUT2D eigenvalue weighted by molar-refractivity contribution is 0.123. The molecule has 8 nitrogen and oxygen atoms in total. The van der Waals surface area contributed by atoms with Gasteiger partial charge in [-0.25, -0.2) is 17.9 Å². The summed E-state index contributed by atoms with van der Waals surface area (Å²) in [6.07, 6.45) is 3.40. The fourth-order valence-corrected chi connectivity index (χ4v) is 5.37. The maximum atomic E-state index is 11.8. The number of aromatic nitrogens is 3. The van der Waals surface area contributed by atoms with Crippen LogP contribution in [0.3, 0.4) is 0 Å². The molecular weight excluding hydrogens is 474 g/mol. The van der Waals surface area contributed by atoms with Gasteiger partial charge in [-0.3, -0.25) is 4.90 Å². The molecule has 9 heteroatoms. The van der Waals surface area contributed by atoms with Crippen molar-refractivity contribution in [2.24, 2.45) is 0 Å². The van der Waals surface area contributed by atoms with Gasteiger partial charge in [-0.15, -0.1) is 0 Å². The van der Waals surface area contributed by atoms with E-state index in [1.54, 1.807) is 16.6 Å². The van der Waals surface area contributed by atoms with Gasteiger partial charge < -0.3 is 10.0 Å². The Morgan fingerprint density at radius 2 is 1.75 bits per heavy atom. The Morgan fingerprint density at radius 3 is 2.44 bits per heavy atom. The number of rotatable bonds is 7. The summed E-state index contributed by atoms with van der Waals surface area (Å²) in [4.78, 5) is 9.81. The number of aliphatic hydroxyl groups is 1. The summed E-state index contributed by atoms with van der Waals surface area (Å²) in [6.45, 7) is 6.31. The van der Waals surface area contributed by atoms with E-state index in [1.165, 1.54) is 11.9 Å². The fourth-order valence-electron chi connectivity index (χ4n) is 4.74. The van der Waals surface area contributed by atoms with Crippen molar-refractivity contribution in [2.45, 2.75) is 24.3 Å². The van der Waals surface area contributed by atoms with Gasteiger partial charge >= 0.3 is 0 Å². The Hall–Kier alpha value is -3.27. The number of hydrogen-bond donors (Lipinski definition) is 1. The number of piperazine rings is 1. The van der Waals surface area contributed by atoms with E-state index in [0.29, 0.717) is 11.3 Å². The Balaban J connectivity index is 1.34. The number of nitrogens with zero attached hydrogens (tertiary/aromatic N) is 5. The second-order valence-electron chi connectivity index (χ2n) is 9.50. The van der Waals surface area contributed by atoms with E-state index in [1.807, 2.05) is 37.4 Å². The average Bonchev–Trinajstić information content (AvgIpc) is 3.26. The maximum absolute atomic E-state index is 11.8. The molecule has 3 heterocycles. The summed E-state index contributed by atoms with van der Waals surface area (Å²) in [5, 5.41) is 14.3. The van der Waals surface area contributed by atoms with Gasteiger partial charge in [0.15, 0.2) is 21.3 Å². The predicted molar refractivity (Wildman–Crippen MR) is 141 cm³/mol. The molecule has 1 aliphatic heterocycles. The first-order valence-corrected chi connectivity index (χ1v) is 14.0. The highest BCUT2D eigenvalue weighted by atomic mass is 32.2. The second kappa shape index (κ2) is 10.0. The highest BCUT2D eigenvalue weighted by Crippen LogP contribution is 2.26. The molecule has 5 rings (SSSR count). The molecule has 1 fully saturated rings. The van der Waals surface area contributed by atoms with Crippen molar-refractivity contribution >= 4 is 21.2 Å². The molecule has 0 saturated carbocycles. The highest BCUT2D eigenvalue weighted by Gasteiger charge is 2.19. The van der Waals surface area contributed by atoms with Crippen molar-refractivity contribution in [1.82, 2.24) is 19.5 Å². The molecule has 0 unspecified atom stereocenters. The third-order valence-corrected chi connectivity index (χ3v) is 7.66. The summed E-state index contributed by atoms with van der Waals surface area (Å²) in [7, 11) is -3.24.